The highest BCUT2D eigenvalue weighted by Crippen LogP contribution is 2.49. The minimum absolute atomic E-state index is 0.0178. The second-order valence-electron chi connectivity index (χ2n) is 9.01. The van der Waals surface area contributed by atoms with E-state index in [4.69, 9.17) is 14.2 Å². The quantitative estimate of drug-likeness (QED) is 0.115. The monoisotopic (exact) mass is 618 g/mol. The van der Waals surface area contributed by atoms with Crippen LogP contribution in [-0.4, -0.2) is 17.9 Å². The molecule has 0 aliphatic rings. The van der Waals surface area contributed by atoms with Crippen molar-refractivity contribution in [2.45, 2.75) is 70.0 Å². The molecular formula is C33H30O6S3. The van der Waals surface area contributed by atoms with Crippen molar-refractivity contribution in [1.82, 2.24) is 0 Å². The molecule has 4 aromatic carbocycles. The van der Waals surface area contributed by atoms with Crippen LogP contribution in [0.5, 0.6) is 0 Å². The summed E-state index contributed by atoms with van der Waals surface area (Å²) in [5.41, 5.74) is 2.24. The minimum Gasteiger partial charge on any atom is -0.461 e. The van der Waals surface area contributed by atoms with Gasteiger partial charge in [-0.2, -0.15) is 0 Å². The van der Waals surface area contributed by atoms with E-state index in [1.54, 1.807) is 0 Å². The molecule has 0 atom stereocenters. The van der Waals surface area contributed by atoms with Crippen LogP contribution in [0, 0.1) is 0 Å². The van der Waals surface area contributed by atoms with Crippen LogP contribution in [-0.2, 0) is 48.4 Å². The molecule has 0 N–H and O–H groups in total. The third-order valence-electron chi connectivity index (χ3n) is 5.79. The molecule has 42 heavy (non-hydrogen) atoms. The fourth-order valence-electron chi connectivity index (χ4n) is 3.96. The predicted octanol–water partition coefficient (Wildman–Crippen LogP) is 8.33. The summed E-state index contributed by atoms with van der Waals surface area (Å²) in [6.45, 7) is 4.05. The maximum atomic E-state index is 12.1. The largest absolute Gasteiger partial charge is 0.461 e. The Morgan fingerprint density at radius 3 is 0.905 bits per heavy atom. The van der Waals surface area contributed by atoms with Gasteiger partial charge in [0.1, 0.15) is 19.8 Å². The predicted molar refractivity (Wildman–Crippen MR) is 165 cm³/mol. The first-order valence-corrected chi connectivity index (χ1v) is 15.6. The molecule has 0 radical (unpaired) electrons. The van der Waals surface area contributed by atoms with Gasteiger partial charge < -0.3 is 14.2 Å². The molecule has 4 rings (SSSR count). The number of rotatable bonds is 12. The van der Waals surface area contributed by atoms with E-state index in [0.717, 1.165) is 46.1 Å². The number of carbonyl (C=O) groups is 3. The maximum absolute atomic E-state index is 12.1. The Labute approximate surface area is 258 Å². The fraction of sp³-hybridized carbons (Fsp3) is 0.182. The highest BCUT2D eigenvalue weighted by Gasteiger charge is 2.28. The summed E-state index contributed by atoms with van der Waals surface area (Å²) in [6, 6.07) is 29.5. The van der Waals surface area contributed by atoms with E-state index in [1.807, 2.05) is 91.0 Å². The molecule has 0 saturated carbocycles. The van der Waals surface area contributed by atoms with Crippen LogP contribution in [0.4, 0.5) is 0 Å². The van der Waals surface area contributed by atoms with E-state index >= 15 is 0 Å². The van der Waals surface area contributed by atoms with Crippen LogP contribution < -0.4 is 0 Å². The first-order chi connectivity index (χ1) is 20.3. The zero-order valence-corrected chi connectivity index (χ0v) is 25.9. The van der Waals surface area contributed by atoms with Crippen LogP contribution >= 0.6 is 35.3 Å². The fourth-order valence-corrected chi connectivity index (χ4v) is 7.44. The summed E-state index contributed by atoms with van der Waals surface area (Å²) in [4.78, 5) is 41.6. The standard InChI is InChI=1S/C33H30O6S3/c1-22(34)37-19-28-31(40-25-13-7-4-8-14-25)29(20-38-23(2)35)33(42-27-17-11-6-12-18-27)30(21-39-24(3)36)32(28)41-26-15-9-5-10-16-26/h4-18H,19-21H2,1-3H3. The molecule has 0 unspecified atom stereocenters. The Morgan fingerprint density at radius 2 is 0.690 bits per heavy atom. The summed E-state index contributed by atoms with van der Waals surface area (Å²) in [5.74, 6) is -1.27. The molecule has 0 aliphatic heterocycles. The average molecular weight is 619 g/mol. The molecular weight excluding hydrogens is 589 g/mol. The third-order valence-corrected chi connectivity index (χ3v) is 9.41. The first kappa shape index (κ1) is 31.3. The lowest BCUT2D eigenvalue weighted by molar-refractivity contribution is -0.143. The summed E-state index contributed by atoms with van der Waals surface area (Å²) in [7, 11) is 0. The van der Waals surface area contributed by atoms with Crippen molar-refractivity contribution in [2.24, 2.45) is 0 Å². The lowest BCUT2D eigenvalue weighted by atomic mass is 10.1. The zero-order valence-electron chi connectivity index (χ0n) is 23.5. The van der Waals surface area contributed by atoms with Gasteiger partial charge in [0.25, 0.3) is 0 Å². The number of hydrogen-bond acceptors (Lipinski definition) is 9. The molecule has 0 heterocycles. The second kappa shape index (κ2) is 15.5. The molecule has 0 aliphatic carbocycles. The smallest absolute Gasteiger partial charge is 0.302 e. The van der Waals surface area contributed by atoms with Gasteiger partial charge in [0, 0.05) is 66.8 Å². The molecule has 0 saturated heterocycles. The lowest BCUT2D eigenvalue weighted by Crippen LogP contribution is -2.12. The molecule has 9 heteroatoms. The molecule has 0 bridgehead atoms. The molecule has 216 valence electrons. The normalized spacial score (nSPS) is 10.6. The molecule has 0 amide bonds. The van der Waals surface area contributed by atoms with Gasteiger partial charge in [-0.3, -0.25) is 14.4 Å². The van der Waals surface area contributed by atoms with E-state index in [0.29, 0.717) is 0 Å². The number of esters is 3. The summed E-state index contributed by atoms with van der Waals surface area (Å²) in [5, 5.41) is 0. The number of hydrogen-bond donors (Lipinski definition) is 0. The Balaban J connectivity index is 2.06. The summed E-state index contributed by atoms with van der Waals surface area (Å²) < 4.78 is 16.8. The van der Waals surface area contributed by atoms with E-state index in [2.05, 4.69) is 0 Å². The summed E-state index contributed by atoms with van der Waals surface area (Å²) in [6.07, 6.45) is 0. The minimum atomic E-state index is -0.424. The molecule has 4 aromatic rings. The van der Waals surface area contributed by atoms with Crippen molar-refractivity contribution >= 4 is 53.2 Å². The van der Waals surface area contributed by atoms with Gasteiger partial charge >= 0.3 is 17.9 Å². The van der Waals surface area contributed by atoms with Crippen LogP contribution in [0.2, 0.25) is 0 Å². The second-order valence-corrected chi connectivity index (χ2v) is 12.3. The van der Waals surface area contributed by atoms with Crippen LogP contribution in [0.25, 0.3) is 0 Å². The Kier molecular flexibility index (Phi) is 11.6. The highest BCUT2D eigenvalue weighted by molar-refractivity contribution is 8.01. The molecule has 0 aromatic heterocycles. The van der Waals surface area contributed by atoms with Crippen molar-refractivity contribution < 1.29 is 28.6 Å². The maximum Gasteiger partial charge on any atom is 0.302 e. The first-order valence-electron chi connectivity index (χ1n) is 13.1. The van der Waals surface area contributed by atoms with Crippen LogP contribution in [0.15, 0.2) is 120 Å². The van der Waals surface area contributed by atoms with Gasteiger partial charge in [-0.25, -0.2) is 0 Å². The Morgan fingerprint density at radius 1 is 0.452 bits per heavy atom. The molecule has 6 nitrogen and oxygen atoms in total. The third kappa shape index (κ3) is 8.92. The number of benzene rings is 4. The van der Waals surface area contributed by atoms with Crippen molar-refractivity contribution in [2.75, 3.05) is 0 Å². The van der Waals surface area contributed by atoms with Gasteiger partial charge in [0.05, 0.1) is 0 Å². The van der Waals surface area contributed by atoms with Gasteiger partial charge in [0.2, 0.25) is 0 Å². The summed E-state index contributed by atoms with van der Waals surface area (Å²) >= 11 is 4.53. The van der Waals surface area contributed by atoms with Gasteiger partial charge in [-0.1, -0.05) is 89.9 Å². The van der Waals surface area contributed by atoms with E-state index < -0.39 is 17.9 Å². The molecule has 0 spiro atoms. The van der Waals surface area contributed by atoms with Crippen LogP contribution in [0.3, 0.4) is 0 Å². The number of ether oxygens (including phenoxy) is 3. The zero-order chi connectivity index (χ0) is 29.9. The van der Waals surface area contributed by atoms with Crippen LogP contribution in [0.1, 0.15) is 37.5 Å². The van der Waals surface area contributed by atoms with Crippen molar-refractivity contribution in [3.63, 3.8) is 0 Å². The number of carbonyl (C=O) groups excluding carboxylic acids is 3. The van der Waals surface area contributed by atoms with Crippen molar-refractivity contribution in [1.29, 1.82) is 0 Å². The Bertz CT molecular complexity index is 1320. The van der Waals surface area contributed by atoms with Crippen molar-refractivity contribution in [3.8, 4) is 0 Å². The SMILES string of the molecule is CC(=O)OCc1c(Sc2ccccc2)c(COC(C)=O)c(Sc2ccccc2)c(COC(C)=O)c1Sc1ccccc1. The lowest BCUT2D eigenvalue weighted by Gasteiger charge is -2.26. The average Bonchev–Trinajstić information content (AvgIpc) is 2.97. The van der Waals surface area contributed by atoms with Gasteiger partial charge in [0.15, 0.2) is 0 Å². The van der Waals surface area contributed by atoms with E-state index in [1.165, 1.54) is 56.1 Å². The van der Waals surface area contributed by atoms with E-state index in [-0.39, 0.29) is 19.8 Å². The van der Waals surface area contributed by atoms with Gasteiger partial charge in [-0.05, 0) is 36.4 Å². The van der Waals surface area contributed by atoms with Crippen molar-refractivity contribution in [3.05, 3.63) is 108 Å². The highest BCUT2D eigenvalue weighted by atomic mass is 32.2. The van der Waals surface area contributed by atoms with Gasteiger partial charge in [-0.15, -0.1) is 0 Å². The van der Waals surface area contributed by atoms with E-state index in [9.17, 15) is 14.4 Å². The Hall–Kier alpha value is -3.66. The topological polar surface area (TPSA) is 78.9 Å². The molecule has 0 fully saturated rings.